The van der Waals surface area contributed by atoms with Crippen molar-refractivity contribution in [3.63, 3.8) is 0 Å². The molecule has 0 saturated heterocycles. The normalized spacial score (nSPS) is 17.4. The molecule has 1 aromatic heterocycles. The Morgan fingerprint density at radius 3 is 2.06 bits per heavy atom. The molecular weight excluding hydrogens is 444 g/mol. The van der Waals surface area contributed by atoms with Gasteiger partial charge in [-0.2, -0.15) is 15.6 Å². The lowest BCUT2D eigenvalue weighted by Crippen LogP contribution is -2.40. The van der Waals surface area contributed by atoms with E-state index in [1.807, 2.05) is 79.7 Å². The minimum atomic E-state index is -0.742. The molecule has 2 N–H and O–H groups in total. The number of aromatic nitrogens is 1. The number of nitrogens with zero attached hydrogens (tertiary/aromatic N) is 5. The fourth-order valence-corrected chi connectivity index (χ4v) is 4.61. The average Bonchev–Trinajstić information content (AvgIpc) is 3.44. The van der Waals surface area contributed by atoms with Crippen molar-refractivity contribution in [1.29, 1.82) is 10.5 Å². The fourth-order valence-electron chi connectivity index (χ4n) is 4.61. The van der Waals surface area contributed by atoms with Gasteiger partial charge in [0.2, 0.25) is 0 Å². The summed E-state index contributed by atoms with van der Waals surface area (Å²) in [6.07, 6.45) is 1.13. The number of anilines is 1. The molecule has 2 atom stereocenters. The number of nitrogens with two attached hydrogens (primary N) is 1. The van der Waals surface area contributed by atoms with Gasteiger partial charge in [-0.15, -0.1) is 0 Å². The summed E-state index contributed by atoms with van der Waals surface area (Å²) in [5.74, 6) is -0.742. The van der Waals surface area contributed by atoms with Crippen molar-refractivity contribution in [3.05, 3.63) is 114 Å². The second kappa shape index (κ2) is 9.76. The van der Waals surface area contributed by atoms with Crippen molar-refractivity contribution in [2.24, 2.45) is 16.8 Å². The van der Waals surface area contributed by atoms with Crippen LogP contribution in [0.15, 0.2) is 108 Å². The number of nitriles is 2. The number of allylic oxidation sites excluding steroid dienone is 1. The maximum Gasteiger partial charge on any atom is 0.127 e. The van der Waals surface area contributed by atoms with Crippen LogP contribution in [0.4, 0.5) is 5.69 Å². The lowest BCUT2D eigenvalue weighted by Gasteiger charge is -2.21. The summed E-state index contributed by atoms with van der Waals surface area (Å²) in [5.41, 5.74) is 12.8. The molecule has 0 fully saturated rings. The van der Waals surface area contributed by atoms with E-state index in [2.05, 4.69) is 52.1 Å². The van der Waals surface area contributed by atoms with E-state index in [1.165, 1.54) is 0 Å². The maximum atomic E-state index is 10.2. The molecule has 5 rings (SSSR count). The smallest absolute Gasteiger partial charge is 0.127 e. The molecule has 6 nitrogen and oxygen atoms in total. The summed E-state index contributed by atoms with van der Waals surface area (Å²) < 4.78 is 2.18. The highest BCUT2D eigenvalue weighted by Crippen LogP contribution is 2.34. The first-order valence-electron chi connectivity index (χ1n) is 11.7. The Bertz CT molecular complexity index is 1520. The van der Waals surface area contributed by atoms with E-state index < -0.39 is 12.1 Å². The summed E-state index contributed by atoms with van der Waals surface area (Å²) in [5, 5.41) is 26.4. The molecule has 174 valence electrons. The number of benzene rings is 3. The first-order valence-corrected chi connectivity index (χ1v) is 11.7. The Labute approximate surface area is 210 Å². The molecule has 0 unspecified atom stereocenters. The number of hydrogen-bond acceptors (Lipinski definition) is 5. The van der Waals surface area contributed by atoms with Gasteiger partial charge in [-0.05, 0) is 48.9 Å². The highest BCUT2D eigenvalue weighted by Gasteiger charge is 2.37. The van der Waals surface area contributed by atoms with Crippen LogP contribution >= 0.6 is 0 Å². The van der Waals surface area contributed by atoms with E-state index in [9.17, 15) is 10.5 Å². The van der Waals surface area contributed by atoms with E-state index >= 15 is 0 Å². The molecule has 0 aliphatic carbocycles. The molecule has 0 radical (unpaired) electrons. The summed E-state index contributed by atoms with van der Waals surface area (Å²) in [6, 6.07) is 36.2. The number of hydrazone groups is 1. The number of para-hydroxylation sites is 2. The Morgan fingerprint density at radius 2 is 1.47 bits per heavy atom. The van der Waals surface area contributed by atoms with Crippen LogP contribution < -0.4 is 10.7 Å². The lowest BCUT2D eigenvalue weighted by molar-refractivity contribution is 0.624. The van der Waals surface area contributed by atoms with Gasteiger partial charge >= 0.3 is 0 Å². The Morgan fingerprint density at radius 1 is 0.889 bits per heavy atom. The molecule has 0 spiro atoms. The van der Waals surface area contributed by atoms with E-state index in [0.717, 1.165) is 33.9 Å². The van der Waals surface area contributed by atoms with Gasteiger partial charge in [-0.1, -0.05) is 66.7 Å². The van der Waals surface area contributed by atoms with Crippen molar-refractivity contribution >= 4 is 17.5 Å². The van der Waals surface area contributed by atoms with Crippen LogP contribution in [0.1, 0.15) is 11.3 Å². The minimum Gasteiger partial charge on any atom is -0.313 e. The monoisotopic (exact) mass is 468 g/mol. The van der Waals surface area contributed by atoms with Crippen molar-refractivity contribution in [3.8, 4) is 29.1 Å². The zero-order valence-electron chi connectivity index (χ0n) is 19.8. The van der Waals surface area contributed by atoms with Gasteiger partial charge in [0.25, 0.3) is 0 Å². The van der Waals surface area contributed by atoms with Gasteiger partial charge in [0.15, 0.2) is 0 Å². The average molecular weight is 469 g/mol. The molecule has 0 saturated carbocycles. The largest absolute Gasteiger partial charge is 0.313 e. The van der Waals surface area contributed by atoms with Gasteiger partial charge in [0.1, 0.15) is 18.2 Å². The SMILES string of the molecule is Cc1cc(/C=C(/C#N)C2=NN(c3ccccc3)[C@@H](N)[C@H]2C#N)c(-c2ccccc2)n1-c1ccccc1. The zero-order valence-corrected chi connectivity index (χ0v) is 19.8. The Hall–Kier alpha value is -4.91. The second-order valence-electron chi connectivity index (χ2n) is 8.56. The van der Waals surface area contributed by atoms with Crippen LogP contribution in [0, 0.1) is 35.5 Å². The predicted molar refractivity (Wildman–Crippen MR) is 143 cm³/mol. The molecule has 4 aromatic rings. The maximum absolute atomic E-state index is 10.2. The highest BCUT2D eigenvalue weighted by atomic mass is 15.5. The third kappa shape index (κ3) is 4.07. The van der Waals surface area contributed by atoms with E-state index in [-0.39, 0.29) is 0 Å². The minimum absolute atomic E-state index is 0.317. The second-order valence-corrected chi connectivity index (χ2v) is 8.56. The van der Waals surface area contributed by atoms with Crippen LogP contribution in [0.2, 0.25) is 0 Å². The molecule has 1 aliphatic rings. The van der Waals surface area contributed by atoms with Gasteiger partial charge in [0, 0.05) is 16.9 Å². The van der Waals surface area contributed by atoms with E-state index in [1.54, 1.807) is 5.01 Å². The molecular formula is C30H24N6. The van der Waals surface area contributed by atoms with Crippen LogP contribution in [0.5, 0.6) is 0 Å². The topological polar surface area (TPSA) is 94.1 Å². The zero-order chi connectivity index (χ0) is 25.1. The summed E-state index contributed by atoms with van der Waals surface area (Å²) in [7, 11) is 0. The molecule has 6 heteroatoms. The summed E-state index contributed by atoms with van der Waals surface area (Å²) in [6.45, 7) is 2.04. The van der Waals surface area contributed by atoms with Gasteiger partial charge in [-0.3, -0.25) is 0 Å². The van der Waals surface area contributed by atoms with Crippen LogP contribution in [-0.4, -0.2) is 16.4 Å². The quantitative estimate of drug-likeness (QED) is 0.382. The van der Waals surface area contributed by atoms with Gasteiger partial charge in [0.05, 0.1) is 28.7 Å². The molecule has 1 aliphatic heterocycles. The van der Waals surface area contributed by atoms with Gasteiger partial charge in [-0.25, -0.2) is 5.01 Å². The Balaban J connectivity index is 1.67. The van der Waals surface area contributed by atoms with Crippen LogP contribution in [0.3, 0.4) is 0 Å². The third-order valence-electron chi connectivity index (χ3n) is 6.27. The van der Waals surface area contributed by atoms with Crippen LogP contribution in [-0.2, 0) is 0 Å². The molecule has 36 heavy (non-hydrogen) atoms. The van der Waals surface area contributed by atoms with Crippen molar-refractivity contribution in [2.45, 2.75) is 13.1 Å². The number of hydrogen-bond donors (Lipinski definition) is 1. The van der Waals surface area contributed by atoms with Gasteiger partial charge < -0.3 is 10.3 Å². The van der Waals surface area contributed by atoms with E-state index in [0.29, 0.717) is 11.3 Å². The standard InChI is InChI=1S/C30H24N6/c1-21-17-23(29(22-11-5-2-6-12-22)35(21)25-13-7-3-8-14-25)18-24(19-31)28-27(20-32)30(33)36(34-28)26-15-9-4-10-16-26/h2-18,27,30H,33H2,1H3/b24-18-/t27-,30+/m0/s1. The van der Waals surface area contributed by atoms with Crippen LogP contribution in [0.25, 0.3) is 23.0 Å². The first-order chi connectivity index (χ1) is 17.6. The Kier molecular flexibility index (Phi) is 6.19. The first kappa shape index (κ1) is 22.9. The summed E-state index contributed by atoms with van der Waals surface area (Å²) >= 11 is 0. The lowest BCUT2D eigenvalue weighted by atomic mass is 9.95. The van der Waals surface area contributed by atoms with Crippen molar-refractivity contribution in [1.82, 2.24) is 4.57 Å². The molecule has 3 aromatic carbocycles. The molecule has 2 heterocycles. The molecule has 0 bridgehead atoms. The summed E-state index contributed by atoms with van der Waals surface area (Å²) in [4.78, 5) is 0. The third-order valence-corrected chi connectivity index (χ3v) is 6.27. The number of aryl methyl sites for hydroxylation is 1. The molecule has 0 amide bonds. The highest BCUT2D eigenvalue weighted by molar-refractivity contribution is 6.12. The van der Waals surface area contributed by atoms with Crippen molar-refractivity contribution < 1.29 is 0 Å². The van der Waals surface area contributed by atoms with E-state index in [4.69, 9.17) is 5.73 Å². The predicted octanol–water partition coefficient (Wildman–Crippen LogP) is 5.66. The fraction of sp³-hybridized carbons (Fsp3) is 0.100. The number of rotatable bonds is 5. The van der Waals surface area contributed by atoms with Crippen molar-refractivity contribution in [2.75, 3.05) is 5.01 Å².